The third-order valence-electron chi connectivity index (χ3n) is 5.29. The molecule has 2 rings (SSSR count). The zero-order valence-corrected chi connectivity index (χ0v) is 12.8. The van der Waals surface area contributed by atoms with E-state index in [9.17, 15) is 0 Å². The predicted octanol–water partition coefficient (Wildman–Crippen LogP) is 3.28. The smallest absolute Gasteiger partial charge is 0.0146 e. The van der Waals surface area contributed by atoms with Gasteiger partial charge in [-0.3, -0.25) is 4.90 Å². The predicted molar refractivity (Wildman–Crippen MR) is 78.9 cm³/mol. The van der Waals surface area contributed by atoms with Gasteiger partial charge < -0.3 is 5.32 Å². The summed E-state index contributed by atoms with van der Waals surface area (Å²) in [7, 11) is 0. The van der Waals surface area contributed by atoms with Crippen LogP contribution in [-0.4, -0.2) is 36.6 Å². The van der Waals surface area contributed by atoms with Crippen LogP contribution in [0.25, 0.3) is 0 Å². The van der Waals surface area contributed by atoms with E-state index in [1.54, 1.807) is 0 Å². The first kappa shape index (κ1) is 14.3. The van der Waals surface area contributed by atoms with Gasteiger partial charge in [-0.1, -0.05) is 40.5 Å². The molecule has 1 aliphatic carbocycles. The fraction of sp³-hybridized carbons (Fsp3) is 1.00. The van der Waals surface area contributed by atoms with Gasteiger partial charge in [0.1, 0.15) is 0 Å². The van der Waals surface area contributed by atoms with Crippen LogP contribution in [0.1, 0.15) is 59.8 Å². The number of nitrogens with zero attached hydrogens (tertiary/aromatic N) is 1. The maximum absolute atomic E-state index is 3.65. The molecule has 0 aromatic rings. The van der Waals surface area contributed by atoms with Crippen LogP contribution in [0.5, 0.6) is 0 Å². The van der Waals surface area contributed by atoms with Crippen molar-refractivity contribution in [2.75, 3.05) is 19.6 Å². The second-order valence-electron chi connectivity index (χ2n) is 7.18. The topological polar surface area (TPSA) is 15.3 Å². The first-order valence-electron chi connectivity index (χ1n) is 8.02. The highest BCUT2D eigenvalue weighted by atomic mass is 15.2. The average molecular weight is 252 g/mol. The molecule has 3 unspecified atom stereocenters. The van der Waals surface area contributed by atoms with E-state index in [0.29, 0.717) is 5.41 Å². The molecule has 1 aliphatic heterocycles. The Morgan fingerprint density at radius 2 is 2.00 bits per heavy atom. The first-order valence-corrected chi connectivity index (χ1v) is 8.02. The molecule has 3 atom stereocenters. The number of likely N-dealkylation sites (tertiary alicyclic amines) is 1. The Morgan fingerprint density at radius 1 is 1.22 bits per heavy atom. The van der Waals surface area contributed by atoms with E-state index in [1.165, 1.54) is 45.2 Å². The summed E-state index contributed by atoms with van der Waals surface area (Å²) in [6, 6.07) is 1.58. The molecule has 0 aromatic carbocycles. The van der Waals surface area contributed by atoms with E-state index in [2.05, 4.69) is 37.9 Å². The van der Waals surface area contributed by atoms with Crippen molar-refractivity contribution in [2.45, 2.75) is 71.9 Å². The third kappa shape index (κ3) is 3.08. The van der Waals surface area contributed by atoms with Crippen molar-refractivity contribution in [1.82, 2.24) is 10.2 Å². The van der Waals surface area contributed by atoms with Gasteiger partial charge >= 0.3 is 0 Å². The molecule has 0 radical (unpaired) electrons. The van der Waals surface area contributed by atoms with Gasteiger partial charge in [0.05, 0.1) is 0 Å². The standard InChI is InChI=1S/C16H32N2/c1-5-17-14-9-11-18(12-13(14)2)15-8-6-7-10-16(15,3)4/h13-15,17H,5-12H2,1-4H3. The average Bonchev–Trinajstić information content (AvgIpc) is 2.31. The Hall–Kier alpha value is -0.0800. The molecule has 2 fully saturated rings. The largest absolute Gasteiger partial charge is 0.314 e. The minimum absolute atomic E-state index is 0.531. The maximum atomic E-state index is 3.65. The highest BCUT2D eigenvalue weighted by molar-refractivity contribution is 4.93. The third-order valence-corrected chi connectivity index (χ3v) is 5.29. The van der Waals surface area contributed by atoms with Crippen molar-refractivity contribution < 1.29 is 0 Å². The van der Waals surface area contributed by atoms with Crippen LogP contribution in [0.3, 0.4) is 0 Å². The molecule has 0 bridgehead atoms. The van der Waals surface area contributed by atoms with Crippen LogP contribution in [0.2, 0.25) is 0 Å². The Kier molecular flexibility index (Phi) is 4.71. The summed E-state index contributed by atoms with van der Waals surface area (Å²) in [4.78, 5) is 2.80. The normalized spacial score (nSPS) is 37.7. The lowest BCUT2D eigenvalue weighted by Gasteiger charge is -2.49. The molecule has 1 saturated heterocycles. The fourth-order valence-corrected chi connectivity index (χ4v) is 4.18. The molecule has 0 amide bonds. The highest BCUT2D eigenvalue weighted by Crippen LogP contribution is 2.39. The minimum Gasteiger partial charge on any atom is -0.314 e. The van der Waals surface area contributed by atoms with Crippen LogP contribution in [0, 0.1) is 11.3 Å². The molecule has 1 heterocycles. The van der Waals surface area contributed by atoms with E-state index in [1.807, 2.05) is 0 Å². The van der Waals surface area contributed by atoms with E-state index in [4.69, 9.17) is 0 Å². The summed E-state index contributed by atoms with van der Waals surface area (Å²) in [5.74, 6) is 0.802. The quantitative estimate of drug-likeness (QED) is 0.829. The zero-order valence-electron chi connectivity index (χ0n) is 12.8. The molecule has 1 N–H and O–H groups in total. The highest BCUT2D eigenvalue weighted by Gasteiger charge is 2.38. The maximum Gasteiger partial charge on any atom is 0.0146 e. The Balaban J connectivity index is 1.94. The van der Waals surface area contributed by atoms with Crippen molar-refractivity contribution in [3.05, 3.63) is 0 Å². The van der Waals surface area contributed by atoms with E-state index >= 15 is 0 Å². The summed E-state index contributed by atoms with van der Waals surface area (Å²) in [5.41, 5.74) is 0.531. The van der Waals surface area contributed by atoms with Crippen molar-refractivity contribution in [2.24, 2.45) is 11.3 Å². The zero-order chi connectivity index (χ0) is 13.2. The van der Waals surface area contributed by atoms with Crippen LogP contribution in [0.15, 0.2) is 0 Å². The van der Waals surface area contributed by atoms with E-state index in [0.717, 1.165) is 24.5 Å². The van der Waals surface area contributed by atoms with Crippen LogP contribution >= 0.6 is 0 Å². The molecule has 1 saturated carbocycles. The SMILES string of the molecule is CCNC1CCN(C2CCCCC2(C)C)CC1C. The number of rotatable bonds is 3. The molecule has 2 aliphatic rings. The monoisotopic (exact) mass is 252 g/mol. The van der Waals surface area contributed by atoms with Crippen molar-refractivity contribution >= 4 is 0 Å². The van der Waals surface area contributed by atoms with Gasteiger partial charge in [0.2, 0.25) is 0 Å². The van der Waals surface area contributed by atoms with Crippen LogP contribution in [-0.2, 0) is 0 Å². The summed E-state index contributed by atoms with van der Waals surface area (Å²) < 4.78 is 0. The van der Waals surface area contributed by atoms with E-state index in [-0.39, 0.29) is 0 Å². The van der Waals surface area contributed by atoms with Gasteiger partial charge in [-0.2, -0.15) is 0 Å². The van der Waals surface area contributed by atoms with Gasteiger partial charge in [0, 0.05) is 18.6 Å². The summed E-state index contributed by atoms with van der Waals surface area (Å²) >= 11 is 0. The van der Waals surface area contributed by atoms with Crippen molar-refractivity contribution in [3.8, 4) is 0 Å². The molecular weight excluding hydrogens is 220 g/mol. The Morgan fingerprint density at radius 3 is 2.61 bits per heavy atom. The summed E-state index contributed by atoms with van der Waals surface area (Å²) in [6.45, 7) is 13.3. The van der Waals surface area contributed by atoms with Gasteiger partial charge in [-0.25, -0.2) is 0 Å². The number of nitrogens with one attached hydrogen (secondary N) is 1. The molecular formula is C16H32N2. The van der Waals surface area contributed by atoms with Gasteiger partial charge in [0.15, 0.2) is 0 Å². The van der Waals surface area contributed by atoms with Gasteiger partial charge in [-0.05, 0) is 43.7 Å². The molecule has 106 valence electrons. The van der Waals surface area contributed by atoms with Crippen LogP contribution in [0.4, 0.5) is 0 Å². The lowest BCUT2D eigenvalue weighted by molar-refractivity contribution is 0.0134. The first-order chi connectivity index (χ1) is 8.54. The van der Waals surface area contributed by atoms with E-state index < -0.39 is 0 Å². The second-order valence-corrected chi connectivity index (χ2v) is 7.18. The van der Waals surface area contributed by atoms with Gasteiger partial charge in [-0.15, -0.1) is 0 Å². The molecule has 0 spiro atoms. The molecule has 0 aromatic heterocycles. The number of piperidine rings is 1. The molecule has 18 heavy (non-hydrogen) atoms. The lowest BCUT2D eigenvalue weighted by Crippen LogP contribution is -2.55. The lowest BCUT2D eigenvalue weighted by atomic mass is 9.71. The van der Waals surface area contributed by atoms with Gasteiger partial charge in [0.25, 0.3) is 0 Å². The molecule has 2 heteroatoms. The Labute approximate surface area is 114 Å². The van der Waals surface area contributed by atoms with Crippen molar-refractivity contribution in [3.63, 3.8) is 0 Å². The number of hydrogen-bond acceptors (Lipinski definition) is 2. The summed E-state index contributed by atoms with van der Waals surface area (Å²) in [6.07, 6.45) is 7.05. The molecule has 2 nitrogen and oxygen atoms in total. The van der Waals surface area contributed by atoms with Crippen molar-refractivity contribution in [1.29, 1.82) is 0 Å². The minimum atomic E-state index is 0.531. The second kappa shape index (κ2) is 5.92. The number of hydrogen-bond donors (Lipinski definition) is 1. The fourth-order valence-electron chi connectivity index (χ4n) is 4.18. The summed E-state index contributed by atoms with van der Waals surface area (Å²) in [5, 5.41) is 3.65. The van der Waals surface area contributed by atoms with Crippen LogP contribution < -0.4 is 5.32 Å². The Bertz CT molecular complexity index is 262.